The van der Waals surface area contributed by atoms with Gasteiger partial charge in [-0.05, 0) is 47.2 Å². The smallest absolute Gasteiger partial charge is 0.256 e. The molecule has 0 saturated heterocycles. The number of methoxy groups -OCH3 is 1. The predicted molar refractivity (Wildman–Crippen MR) is 145 cm³/mol. The molecule has 1 aliphatic carbocycles. The molecule has 4 aromatic rings. The molecule has 0 bridgehead atoms. The molecular formula is C29H32N6O3. The Morgan fingerprint density at radius 2 is 1.84 bits per heavy atom. The second-order valence-corrected chi connectivity index (χ2v) is 9.71. The molecule has 196 valence electrons. The number of carbonyl (C=O) groups excluding carboxylic acids is 2. The Kier molecular flexibility index (Phi) is 7.92. The molecule has 2 aromatic heterocycles. The molecule has 38 heavy (non-hydrogen) atoms. The standard InChI is InChI=1S/C29H32N6O3/c1-38-28-14-13-25(26(32-28)17-27(36)30-18-20-7-3-2-4-8-20)33-29(37)24-12-11-21(19-35-16-15-31-34-35)22-9-5-6-10-23(22)24/h5-6,9-16,20H,2-4,7-8,17-19H2,1H3,(H,30,36)(H,33,37). The van der Waals surface area contributed by atoms with E-state index in [-0.39, 0.29) is 18.2 Å². The maximum absolute atomic E-state index is 13.5. The number of rotatable bonds is 9. The number of nitrogens with one attached hydrogen (secondary N) is 2. The lowest BCUT2D eigenvalue weighted by Crippen LogP contribution is -2.31. The lowest BCUT2D eigenvalue weighted by Gasteiger charge is -2.21. The number of fused-ring (bicyclic) bond motifs is 1. The highest BCUT2D eigenvalue weighted by Crippen LogP contribution is 2.26. The first-order chi connectivity index (χ1) is 18.6. The number of anilines is 1. The molecule has 1 saturated carbocycles. The van der Waals surface area contributed by atoms with E-state index < -0.39 is 0 Å². The number of ether oxygens (including phenoxy) is 1. The van der Waals surface area contributed by atoms with Crippen molar-refractivity contribution in [3.05, 3.63) is 77.7 Å². The number of carbonyl (C=O) groups is 2. The number of aromatic nitrogens is 4. The van der Waals surface area contributed by atoms with Gasteiger partial charge in [0, 0.05) is 24.4 Å². The topological polar surface area (TPSA) is 111 Å². The second-order valence-electron chi connectivity index (χ2n) is 9.71. The molecule has 0 unspecified atom stereocenters. The van der Waals surface area contributed by atoms with E-state index in [1.165, 1.54) is 26.4 Å². The van der Waals surface area contributed by atoms with Crippen LogP contribution in [-0.4, -0.2) is 45.4 Å². The lowest BCUT2D eigenvalue weighted by atomic mass is 9.89. The van der Waals surface area contributed by atoms with Crippen molar-refractivity contribution in [1.29, 1.82) is 0 Å². The highest BCUT2D eigenvalue weighted by Gasteiger charge is 2.19. The van der Waals surface area contributed by atoms with Gasteiger partial charge in [-0.15, -0.1) is 5.10 Å². The van der Waals surface area contributed by atoms with E-state index in [2.05, 4.69) is 25.9 Å². The lowest BCUT2D eigenvalue weighted by molar-refractivity contribution is -0.120. The third-order valence-electron chi connectivity index (χ3n) is 7.11. The van der Waals surface area contributed by atoms with Crippen LogP contribution in [0.4, 0.5) is 5.69 Å². The van der Waals surface area contributed by atoms with Gasteiger partial charge in [0.05, 0.1) is 37.7 Å². The minimum Gasteiger partial charge on any atom is -0.481 e. The van der Waals surface area contributed by atoms with Crippen molar-refractivity contribution in [2.75, 3.05) is 19.0 Å². The number of hydrogen-bond donors (Lipinski definition) is 2. The van der Waals surface area contributed by atoms with Crippen LogP contribution in [0.5, 0.6) is 5.88 Å². The summed E-state index contributed by atoms with van der Waals surface area (Å²) in [5.74, 6) is 0.533. The van der Waals surface area contributed by atoms with Crippen molar-refractivity contribution in [3.63, 3.8) is 0 Å². The summed E-state index contributed by atoms with van der Waals surface area (Å²) < 4.78 is 7.03. The van der Waals surface area contributed by atoms with Crippen molar-refractivity contribution in [1.82, 2.24) is 25.3 Å². The summed E-state index contributed by atoms with van der Waals surface area (Å²) in [7, 11) is 1.53. The highest BCUT2D eigenvalue weighted by atomic mass is 16.5. The molecule has 0 spiro atoms. The number of nitrogens with zero attached hydrogens (tertiary/aromatic N) is 4. The highest BCUT2D eigenvalue weighted by molar-refractivity contribution is 6.13. The Balaban J connectivity index is 1.34. The maximum atomic E-state index is 13.5. The van der Waals surface area contributed by atoms with Crippen molar-refractivity contribution < 1.29 is 14.3 Å². The van der Waals surface area contributed by atoms with Crippen LogP contribution in [0.15, 0.2) is 60.9 Å². The van der Waals surface area contributed by atoms with Gasteiger partial charge in [0.1, 0.15) is 0 Å². The summed E-state index contributed by atoms with van der Waals surface area (Å²) in [5, 5.41) is 15.8. The van der Waals surface area contributed by atoms with Gasteiger partial charge in [0.15, 0.2) is 0 Å². The van der Waals surface area contributed by atoms with Crippen LogP contribution in [0, 0.1) is 5.92 Å². The Bertz CT molecular complexity index is 1410. The number of benzene rings is 2. The summed E-state index contributed by atoms with van der Waals surface area (Å²) in [5.41, 5.74) is 2.51. The summed E-state index contributed by atoms with van der Waals surface area (Å²) in [6, 6.07) is 15.0. The largest absolute Gasteiger partial charge is 0.481 e. The van der Waals surface area contributed by atoms with Crippen LogP contribution in [0.2, 0.25) is 0 Å². The minimum atomic E-state index is -0.274. The fourth-order valence-electron chi connectivity index (χ4n) is 5.09. The van der Waals surface area contributed by atoms with E-state index in [0.717, 1.165) is 29.2 Å². The summed E-state index contributed by atoms with van der Waals surface area (Å²) >= 11 is 0. The van der Waals surface area contributed by atoms with Crippen LogP contribution < -0.4 is 15.4 Å². The third-order valence-corrected chi connectivity index (χ3v) is 7.11. The minimum absolute atomic E-state index is 0.0527. The molecule has 2 N–H and O–H groups in total. The quantitative estimate of drug-likeness (QED) is 0.344. The first-order valence-corrected chi connectivity index (χ1v) is 13.1. The van der Waals surface area contributed by atoms with Gasteiger partial charge in [-0.3, -0.25) is 9.59 Å². The SMILES string of the molecule is COc1ccc(NC(=O)c2ccc(Cn3ccnn3)c3ccccc23)c(CC(=O)NCC2CCCCC2)n1. The van der Waals surface area contributed by atoms with E-state index in [1.54, 1.807) is 29.2 Å². The Hall–Kier alpha value is -4.27. The van der Waals surface area contributed by atoms with Gasteiger partial charge < -0.3 is 15.4 Å². The molecule has 9 heteroatoms. The van der Waals surface area contributed by atoms with Gasteiger partial charge in [0.25, 0.3) is 5.91 Å². The van der Waals surface area contributed by atoms with Crippen LogP contribution in [-0.2, 0) is 17.8 Å². The van der Waals surface area contributed by atoms with Crippen molar-refractivity contribution in [2.45, 2.75) is 45.1 Å². The number of pyridine rings is 1. The van der Waals surface area contributed by atoms with Gasteiger partial charge in [0.2, 0.25) is 11.8 Å². The molecule has 1 fully saturated rings. The molecule has 2 aromatic carbocycles. The van der Waals surface area contributed by atoms with Gasteiger partial charge in [-0.2, -0.15) is 0 Å². The molecule has 1 aliphatic rings. The Labute approximate surface area is 221 Å². The van der Waals surface area contributed by atoms with Gasteiger partial charge >= 0.3 is 0 Å². The average Bonchev–Trinajstić information content (AvgIpc) is 3.47. The van der Waals surface area contributed by atoms with E-state index in [4.69, 9.17) is 4.74 Å². The average molecular weight is 513 g/mol. The van der Waals surface area contributed by atoms with Crippen molar-refractivity contribution in [3.8, 4) is 5.88 Å². The molecule has 5 rings (SSSR count). The summed E-state index contributed by atoms with van der Waals surface area (Å²) in [6.07, 6.45) is 9.54. The molecular weight excluding hydrogens is 480 g/mol. The number of hydrogen-bond acceptors (Lipinski definition) is 6. The zero-order chi connectivity index (χ0) is 26.3. The van der Waals surface area contributed by atoms with Gasteiger partial charge in [-0.1, -0.05) is 54.8 Å². The van der Waals surface area contributed by atoms with E-state index >= 15 is 0 Å². The fourth-order valence-corrected chi connectivity index (χ4v) is 5.09. The zero-order valence-electron chi connectivity index (χ0n) is 21.5. The molecule has 0 aliphatic heterocycles. The van der Waals surface area contributed by atoms with Crippen LogP contribution in [0.1, 0.15) is 53.7 Å². The van der Waals surface area contributed by atoms with Crippen LogP contribution in [0.25, 0.3) is 10.8 Å². The molecule has 0 atom stereocenters. The van der Waals surface area contributed by atoms with Crippen molar-refractivity contribution >= 4 is 28.3 Å². The molecule has 9 nitrogen and oxygen atoms in total. The van der Waals surface area contributed by atoms with Crippen LogP contribution in [0.3, 0.4) is 0 Å². The predicted octanol–water partition coefficient (Wildman–Crippen LogP) is 4.37. The molecule has 0 radical (unpaired) electrons. The summed E-state index contributed by atoms with van der Waals surface area (Å²) in [6.45, 7) is 1.22. The molecule has 2 amide bonds. The Morgan fingerprint density at radius 3 is 2.61 bits per heavy atom. The van der Waals surface area contributed by atoms with Gasteiger partial charge in [-0.25, -0.2) is 9.67 Å². The fraction of sp³-hybridized carbons (Fsp3) is 0.345. The normalized spacial score (nSPS) is 13.8. The first kappa shape index (κ1) is 25.4. The second kappa shape index (κ2) is 11.9. The maximum Gasteiger partial charge on any atom is 0.256 e. The van der Waals surface area contributed by atoms with Crippen LogP contribution >= 0.6 is 0 Å². The zero-order valence-corrected chi connectivity index (χ0v) is 21.5. The van der Waals surface area contributed by atoms with E-state index in [1.807, 2.05) is 36.4 Å². The van der Waals surface area contributed by atoms with E-state index in [0.29, 0.717) is 41.8 Å². The Morgan fingerprint density at radius 1 is 1.03 bits per heavy atom. The first-order valence-electron chi connectivity index (χ1n) is 13.1. The number of amides is 2. The monoisotopic (exact) mass is 512 g/mol. The summed E-state index contributed by atoms with van der Waals surface area (Å²) in [4.78, 5) is 30.7. The third kappa shape index (κ3) is 5.99. The van der Waals surface area contributed by atoms with E-state index in [9.17, 15) is 9.59 Å². The molecule has 2 heterocycles. The van der Waals surface area contributed by atoms with Crippen molar-refractivity contribution in [2.24, 2.45) is 5.92 Å².